The lowest BCUT2D eigenvalue weighted by Gasteiger charge is -2.22. The second kappa shape index (κ2) is 13.0. The quantitative estimate of drug-likeness (QED) is 0.305. The van der Waals surface area contributed by atoms with Crippen molar-refractivity contribution >= 4 is 22.4 Å². The van der Waals surface area contributed by atoms with Crippen LogP contribution >= 0.6 is 11.6 Å². The molecule has 162 valence electrons. The van der Waals surface area contributed by atoms with E-state index in [2.05, 4.69) is 45.9 Å². The second-order valence-corrected chi connectivity index (χ2v) is 8.60. The first-order chi connectivity index (χ1) is 14.1. The molecule has 0 aromatic heterocycles. The summed E-state index contributed by atoms with van der Waals surface area (Å²) in [5, 5.41) is 2.82. The van der Waals surface area contributed by atoms with E-state index in [0.717, 1.165) is 29.4 Å². The molecule has 0 spiro atoms. The van der Waals surface area contributed by atoms with Gasteiger partial charge in [0, 0.05) is 5.39 Å². The van der Waals surface area contributed by atoms with Gasteiger partial charge >= 0.3 is 0 Å². The molecule has 2 atom stereocenters. The summed E-state index contributed by atoms with van der Waals surface area (Å²) in [4.78, 5) is 0. The summed E-state index contributed by atoms with van der Waals surface area (Å²) in [6, 6.07) is 10.3. The fourth-order valence-corrected chi connectivity index (χ4v) is 4.00. The number of hydrogen-bond donors (Lipinski definition) is 0. The van der Waals surface area contributed by atoms with Crippen molar-refractivity contribution in [2.45, 2.75) is 79.1 Å². The van der Waals surface area contributed by atoms with Gasteiger partial charge in [0.2, 0.25) is 0 Å². The Hall–Kier alpha value is -1.41. The Morgan fingerprint density at radius 3 is 1.90 bits per heavy atom. The van der Waals surface area contributed by atoms with E-state index in [-0.39, 0.29) is 0 Å². The predicted molar refractivity (Wildman–Crippen MR) is 127 cm³/mol. The van der Waals surface area contributed by atoms with Crippen LogP contribution in [0.25, 0.3) is 10.8 Å². The lowest BCUT2D eigenvalue weighted by molar-refractivity contribution is 0.201. The maximum atomic E-state index is 6.67. The smallest absolute Gasteiger partial charge is 0.180 e. The normalized spacial score (nSPS) is 13.4. The molecule has 0 saturated heterocycles. The van der Waals surface area contributed by atoms with Crippen LogP contribution in [0, 0.1) is 11.8 Å². The van der Waals surface area contributed by atoms with Gasteiger partial charge in [0.1, 0.15) is 0 Å². The van der Waals surface area contributed by atoms with Crippen LogP contribution in [0.4, 0.5) is 0 Å². The molecular weight excluding hydrogens is 380 g/mol. The molecule has 0 aliphatic heterocycles. The molecule has 29 heavy (non-hydrogen) atoms. The number of rotatable bonds is 14. The topological polar surface area (TPSA) is 18.5 Å². The van der Waals surface area contributed by atoms with E-state index in [1.807, 2.05) is 12.1 Å². The van der Waals surface area contributed by atoms with Crippen LogP contribution in [0.3, 0.4) is 0 Å². The minimum atomic E-state index is 0.554. The van der Waals surface area contributed by atoms with Gasteiger partial charge in [-0.2, -0.15) is 0 Å². The molecule has 2 unspecified atom stereocenters. The second-order valence-electron chi connectivity index (χ2n) is 8.19. The standard InChI is InChI=1S/C26H39ClO2/c1-5-9-13-20(7-3)18-28-25-23-16-12-11-15-22(23)17-24(27)26(25)29-19-21(8-4)14-10-6-2/h11-12,15-17,20-21H,5-10,13-14,18-19H2,1-4H3. The Morgan fingerprint density at radius 1 is 0.793 bits per heavy atom. The highest BCUT2D eigenvalue weighted by molar-refractivity contribution is 6.33. The van der Waals surface area contributed by atoms with Crippen LogP contribution in [-0.4, -0.2) is 13.2 Å². The number of unbranched alkanes of at least 4 members (excludes halogenated alkanes) is 2. The van der Waals surface area contributed by atoms with Crippen LogP contribution in [-0.2, 0) is 0 Å². The molecule has 2 nitrogen and oxygen atoms in total. The molecule has 3 heteroatoms. The monoisotopic (exact) mass is 418 g/mol. The average molecular weight is 419 g/mol. The number of hydrogen-bond acceptors (Lipinski definition) is 2. The lowest BCUT2D eigenvalue weighted by atomic mass is 10.0. The molecule has 0 bridgehead atoms. The summed E-state index contributed by atoms with van der Waals surface area (Å²) in [5.74, 6) is 2.64. The van der Waals surface area contributed by atoms with Gasteiger partial charge in [0.15, 0.2) is 11.5 Å². The third-order valence-electron chi connectivity index (χ3n) is 5.92. The van der Waals surface area contributed by atoms with Crippen molar-refractivity contribution in [3.8, 4) is 11.5 Å². The highest BCUT2D eigenvalue weighted by Crippen LogP contribution is 2.42. The van der Waals surface area contributed by atoms with Gasteiger partial charge in [-0.1, -0.05) is 102 Å². The Morgan fingerprint density at radius 2 is 1.34 bits per heavy atom. The summed E-state index contributed by atoms with van der Waals surface area (Å²) in [7, 11) is 0. The first kappa shape index (κ1) is 23.9. The maximum Gasteiger partial charge on any atom is 0.180 e. The molecule has 0 heterocycles. The molecule has 0 saturated carbocycles. The zero-order valence-electron chi connectivity index (χ0n) is 18.8. The SMILES string of the molecule is CCCCC(CC)COc1c(Cl)cc2ccccc2c1OCC(CC)CCCC. The van der Waals surface area contributed by atoms with E-state index in [0.29, 0.717) is 35.8 Å². The molecule has 0 aliphatic carbocycles. The first-order valence-corrected chi connectivity index (χ1v) is 12.0. The number of fused-ring (bicyclic) bond motifs is 1. The van der Waals surface area contributed by atoms with Gasteiger partial charge in [0.25, 0.3) is 0 Å². The van der Waals surface area contributed by atoms with Gasteiger partial charge in [-0.05, 0) is 36.1 Å². The van der Waals surface area contributed by atoms with Crippen LogP contribution in [0.15, 0.2) is 30.3 Å². The van der Waals surface area contributed by atoms with Crippen molar-refractivity contribution in [3.05, 3.63) is 35.4 Å². The van der Waals surface area contributed by atoms with E-state index in [1.165, 1.54) is 38.5 Å². The molecule has 0 aliphatic rings. The zero-order valence-corrected chi connectivity index (χ0v) is 19.6. The largest absolute Gasteiger partial charge is 0.489 e. The molecule has 2 aromatic rings. The van der Waals surface area contributed by atoms with Crippen molar-refractivity contribution in [1.29, 1.82) is 0 Å². The van der Waals surface area contributed by atoms with Gasteiger partial charge in [-0.25, -0.2) is 0 Å². The summed E-state index contributed by atoms with van der Waals surface area (Å²) in [6.07, 6.45) is 9.59. The van der Waals surface area contributed by atoms with Gasteiger partial charge < -0.3 is 9.47 Å². The summed E-state index contributed by atoms with van der Waals surface area (Å²) < 4.78 is 12.7. The minimum absolute atomic E-state index is 0.554. The molecule has 0 fully saturated rings. The fraction of sp³-hybridized carbons (Fsp3) is 0.615. The molecule has 0 N–H and O–H groups in total. The van der Waals surface area contributed by atoms with Crippen LogP contribution in [0.2, 0.25) is 5.02 Å². The Balaban J connectivity index is 2.25. The average Bonchev–Trinajstić information content (AvgIpc) is 2.74. The van der Waals surface area contributed by atoms with E-state index < -0.39 is 0 Å². The summed E-state index contributed by atoms with van der Waals surface area (Å²) >= 11 is 6.67. The molecule has 2 rings (SSSR count). The van der Waals surface area contributed by atoms with E-state index in [4.69, 9.17) is 21.1 Å². The van der Waals surface area contributed by atoms with E-state index >= 15 is 0 Å². The van der Waals surface area contributed by atoms with Gasteiger partial charge in [-0.15, -0.1) is 0 Å². The maximum absolute atomic E-state index is 6.67. The predicted octanol–water partition coefficient (Wildman–Crippen LogP) is 8.68. The highest BCUT2D eigenvalue weighted by Gasteiger charge is 2.18. The van der Waals surface area contributed by atoms with Crippen molar-refractivity contribution in [2.75, 3.05) is 13.2 Å². The Bertz CT molecular complexity index is 728. The number of benzene rings is 2. The first-order valence-electron chi connectivity index (χ1n) is 11.6. The van der Waals surface area contributed by atoms with Crippen molar-refractivity contribution < 1.29 is 9.47 Å². The van der Waals surface area contributed by atoms with Crippen LogP contribution in [0.5, 0.6) is 11.5 Å². The van der Waals surface area contributed by atoms with Crippen molar-refractivity contribution in [2.24, 2.45) is 11.8 Å². The fourth-order valence-electron chi connectivity index (χ4n) is 3.74. The number of ether oxygens (including phenoxy) is 2. The van der Waals surface area contributed by atoms with E-state index in [1.54, 1.807) is 0 Å². The van der Waals surface area contributed by atoms with Crippen molar-refractivity contribution in [1.82, 2.24) is 0 Å². The molecule has 0 radical (unpaired) electrons. The highest BCUT2D eigenvalue weighted by atomic mass is 35.5. The van der Waals surface area contributed by atoms with Crippen LogP contribution < -0.4 is 9.47 Å². The lowest BCUT2D eigenvalue weighted by Crippen LogP contribution is -2.14. The summed E-state index contributed by atoms with van der Waals surface area (Å²) in [5.41, 5.74) is 0. The van der Waals surface area contributed by atoms with Gasteiger partial charge in [-0.3, -0.25) is 0 Å². The summed E-state index contributed by atoms with van der Waals surface area (Å²) in [6.45, 7) is 10.4. The minimum Gasteiger partial charge on any atom is -0.489 e. The van der Waals surface area contributed by atoms with Gasteiger partial charge in [0.05, 0.1) is 18.2 Å². The Labute approximate surface area is 182 Å². The number of halogens is 1. The molecule has 2 aromatic carbocycles. The zero-order chi connectivity index (χ0) is 21.1. The molecular formula is C26H39ClO2. The van der Waals surface area contributed by atoms with E-state index in [9.17, 15) is 0 Å². The third-order valence-corrected chi connectivity index (χ3v) is 6.20. The molecule has 0 amide bonds. The van der Waals surface area contributed by atoms with Crippen LogP contribution in [0.1, 0.15) is 79.1 Å². The third kappa shape index (κ3) is 7.10. The Kier molecular flexibility index (Phi) is 10.7. The van der Waals surface area contributed by atoms with Crippen molar-refractivity contribution in [3.63, 3.8) is 0 Å².